The lowest BCUT2D eigenvalue weighted by Gasteiger charge is -2.46. The van der Waals surface area contributed by atoms with Gasteiger partial charge >= 0.3 is 12.1 Å². The van der Waals surface area contributed by atoms with Crippen LogP contribution in [0.4, 0.5) is 22.0 Å². The number of amides is 2. The van der Waals surface area contributed by atoms with E-state index < -0.39 is 42.6 Å². The first-order valence-electron chi connectivity index (χ1n) is 10.2. The second-order valence-corrected chi connectivity index (χ2v) is 9.03. The fourth-order valence-corrected chi connectivity index (χ4v) is 4.75. The molecule has 1 atom stereocenters. The molecule has 2 aliphatic rings. The van der Waals surface area contributed by atoms with Gasteiger partial charge in [-0.05, 0) is 47.9 Å². The third-order valence-corrected chi connectivity index (χ3v) is 6.32. The molecule has 0 saturated carbocycles. The van der Waals surface area contributed by atoms with Gasteiger partial charge in [-0.25, -0.2) is 0 Å². The van der Waals surface area contributed by atoms with Crippen molar-refractivity contribution in [1.29, 1.82) is 0 Å². The van der Waals surface area contributed by atoms with Gasteiger partial charge < -0.3 is 15.4 Å². The molecular formula is C23H17Cl2F5N2O3. The number of ether oxygens (including phenoxy) is 1. The molecule has 2 N–H and O–H groups in total. The van der Waals surface area contributed by atoms with Crippen molar-refractivity contribution in [2.45, 2.75) is 24.6 Å². The molecule has 5 nitrogen and oxygen atoms in total. The standard InChI is InChI=1S/C23H17Cl2F5N2O3/c1-11-4-12(2-3-15(11)20(34)31-8-18(33)32-10-22(26,27)28)13-7-21(35-9-13)16-5-14(24)6-17(25)19(16)23(21,29)30/h2-7H,8-10H2,1H3,(H,31,34)(H,32,33). The Morgan fingerprint density at radius 1 is 1.11 bits per heavy atom. The number of hydrogen-bond acceptors (Lipinski definition) is 3. The molecule has 1 spiro atoms. The molecule has 1 aliphatic heterocycles. The van der Waals surface area contributed by atoms with Crippen LogP contribution in [0.15, 0.2) is 36.4 Å². The smallest absolute Gasteiger partial charge is 0.355 e. The Labute approximate surface area is 206 Å². The van der Waals surface area contributed by atoms with E-state index in [0.717, 1.165) is 0 Å². The Morgan fingerprint density at radius 2 is 1.83 bits per heavy atom. The Balaban J connectivity index is 1.50. The second-order valence-electron chi connectivity index (χ2n) is 8.18. The van der Waals surface area contributed by atoms with Crippen LogP contribution in [0.2, 0.25) is 10.0 Å². The molecule has 1 aliphatic carbocycles. The van der Waals surface area contributed by atoms with Crippen molar-refractivity contribution in [1.82, 2.24) is 10.6 Å². The van der Waals surface area contributed by atoms with Crippen LogP contribution < -0.4 is 10.6 Å². The van der Waals surface area contributed by atoms with E-state index in [2.05, 4.69) is 5.32 Å². The molecule has 1 heterocycles. The van der Waals surface area contributed by atoms with Crippen LogP contribution in [0.25, 0.3) is 5.57 Å². The van der Waals surface area contributed by atoms with Gasteiger partial charge in [0, 0.05) is 21.7 Å². The lowest BCUT2D eigenvalue weighted by Crippen LogP contribution is -2.52. The summed E-state index contributed by atoms with van der Waals surface area (Å²) in [5.74, 6) is -5.04. The zero-order valence-corrected chi connectivity index (χ0v) is 19.5. The van der Waals surface area contributed by atoms with E-state index in [-0.39, 0.29) is 33.3 Å². The molecule has 2 aromatic rings. The number of benzene rings is 2. The molecule has 1 unspecified atom stereocenters. The van der Waals surface area contributed by atoms with E-state index in [1.54, 1.807) is 18.3 Å². The van der Waals surface area contributed by atoms with Gasteiger partial charge in [0.25, 0.3) is 5.91 Å². The third-order valence-electron chi connectivity index (χ3n) is 5.81. The van der Waals surface area contributed by atoms with Crippen LogP contribution in [-0.2, 0) is 21.1 Å². The lowest BCUT2D eigenvalue weighted by molar-refractivity contribution is -0.212. The highest BCUT2D eigenvalue weighted by Crippen LogP contribution is 2.64. The van der Waals surface area contributed by atoms with E-state index in [9.17, 15) is 22.8 Å². The van der Waals surface area contributed by atoms with Crippen molar-refractivity contribution in [2.24, 2.45) is 0 Å². The summed E-state index contributed by atoms with van der Waals surface area (Å²) in [6.45, 7) is -0.669. The van der Waals surface area contributed by atoms with Crippen molar-refractivity contribution in [3.63, 3.8) is 0 Å². The number of aryl methyl sites for hydroxylation is 1. The minimum atomic E-state index is -4.56. The molecular weight excluding hydrogens is 518 g/mol. The van der Waals surface area contributed by atoms with Crippen LogP contribution in [0.3, 0.4) is 0 Å². The van der Waals surface area contributed by atoms with Crippen LogP contribution in [0, 0.1) is 6.92 Å². The zero-order chi connectivity index (χ0) is 25.8. The third kappa shape index (κ3) is 4.50. The average Bonchev–Trinajstić information content (AvgIpc) is 3.23. The van der Waals surface area contributed by atoms with Crippen LogP contribution >= 0.6 is 23.2 Å². The number of halogens is 7. The number of alkyl halides is 5. The fraction of sp³-hybridized carbons (Fsp3) is 0.304. The normalized spacial score (nSPS) is 20.2. The maximum absolute atomic E-state index is 15.0. The first-order chi connectivity index (χ1) is 16.2. The predicted octanol–water partition coefficient (Wildman–Crippen LogP) is 5.12. The number of hydrogen-bond donors (Lipinski definition) is 2. The van der Waals surface area contributed by atoms with Crippen LogP contribution in [0.5, 0.6) is 0 Å². The van der Waals surface area contributed by atoms with E-state index in [0.29, 0.717) is 16.7 Å². The monoisotopic (exact) mass is 534 g/mol. The molecule has 0 radical (unpaired) electrons. The van der Waals surface area contributed by atoms with Crippen LogP contribution in [0.1, 0.15) is 32.6 Å². The fourth-order valence-electron chi connectivity index (χ4n) is 4.14. The molecule has 2 amide bonds. The van der Waals surface area contributed by atoms with Gasteiger partial charge in [0.1, 0.15) is 6.54 Å². The largest absolute Gasteiger partial charge is 0.405 e. The minimum Gasteiger partial charge on any atom is -0.355 e. The van der Waals surface area contributed by atoms with E-state index >= 15 is 8.78 Å². The molecule has 186 valence electrons. The van der Waals surface area contributed by atoms with Crippen LogP contribution in [-0.4, -0.2) is 37.7 Å². The first-order valence-corrected chi connectivity index (χ1v) is 11.0. The van der Waals surface area contributed by atoms with Gasteiger partial charge in [-0.1, -0.05) is 35.3 Å². The Morgan fingerprint density at radius 3 is 2.49 bits per heavy atom. The van der Waals surface area contributed by atoms with Crippen molar-refractivity contribution < 1.29 is 36.3 Å². The van der Waals surface area contributed by atoms with Gasteiger partial charge in [-0.15, -0.1) is 0 Å². The van der Waals surface area contributed by atoms with Gasteiger partial charge in [0.05, 0.1) is 18.2 Å². The highest BCUT2D eigenvalue weighted by molar-refractivity contribution is 6.35. The summed E-state index contributed by atoms with van der Waals surface area (Å²) in [6, 6.07) is 7.19. The Bertz CT molecular complexity index is 1260. The molecule has 35 heavy (non-hydrogen) atoms. The van der Waals surface area contributed by atoms with Gasteiger partial charge in [0.2, 0.25) is 5.91 Å². The molecule has 0 aromatic heterocycles. The molecule has 12 heteroatoms. The summed E-state index contributed by atoms with van der Waals surface area (Å²) in [6.07, 6.45) is -3.24. The molecule has 2 aromatic carbocycles. The maximum atomic E-state index is 15.0. The number of carbonyl (C=O) groups is 2. The first kappa shape index (κ1) is 25.4. The minimum absolute atomic E-state index is 0.122. The molecule has 4 rings (SSSR count). The second kappa shape index (κ2) is 8.76. The number of rotatable bonds is 5. The number of nitrogens with one attached hydrogen (secondary N) is 2. The Kier molecular flexibility index (Phi) is 6.36. The lowest BCUT2D eigenvalue weighted by atomic mass is 9.69. The van der Waals surface area contributed by atoms with Crippen molar-refractivity contribution in [3.8, 4) is 0 Å². The Hall–Kier alpha value is -2.69. The zero-order valence-electron chi connectivity index (χ0n) is 18.0. The van der Waals surface area contributed by atoms with E-state index in [1.165, 1.54) is 30.3 Å². The summed E-state index contributed by atoms with van der Waals surface area (Å²) >= 11 is 12.0. The number of carbonyl (C=O) groups excluding carboxylic acids is 2. The van der Waals surface area contributed by atoms with Gasteiger partial charge in [-0.2, -0.15) is 22.0 Å². The summed E-state index contributed by atoms with van der Waals surface area (Å²) < 4.78 is 72.1. The number of fused-ring (bicyclic) bond motifs is 2. The van der Waals surface area contributed by atoms with Gasteiger partial charge in [-0.3, -0.25) is 9.59 Å². The summed E-state index contributed by atoms with van der Waals surface area (Å²) in [5.41, 5.74) is -0.506. The summed E-state index contributed by atoms with van der Waals surface area (Å²) in [4.78, 5) is 23.9. The molecule has 0 fully saturated rings. The van der Waals surface area contributed by atoms with E-state index in [1.807, 2.05) is 0 Å². The molecule has 0 saturated heterocycles. The van der Waals surface area contributed by atoms with Crippen molar-refractivity contribution in [3.05, 3.63) is 74.3 Å². The topological polar surface area (TPSA) is 67.4 Å². The van der Waals surface area contributed by atoms with Gasteiger partial charge in [0.15, 0.2) is 5.60 Å². The quantitative estimate of drug-likeness (QED) is 0.523. The maximum Gasteiger partial charge on any atom is 0.405 e. The summed E-state index contributed by atoms with van der Waals surface area (Å²) in [5, 5.41) is 3.95. The van der Waals surface area contributed by atoms with E-state index in [4.69, 9.17) is 27.9 Å². The van der Waals surface area contributed by atoms with Crippen molar-refractivity contribution in [2.75, 3.05) is 19.7 Å². The highest BCUT2D eigenvalue weighted by Gasteiger charge is 2.69. The van der Waals surface area contributed by atoms with Crippen molar-refractivity contribution >= 4 is 40.6 Å². The average molecular weight is 535 g/mol. The SMILES string of the molecule is Cc1cc(C2=CC3(OC2)c2cc(Cl)cc(Cl)c2C3(F)F)ccc1C(=O)NCC(=O)NCC(F)(F)F. The predicted molar refractivity (Wildman–Crippen MR) is 119 cm³/mol. The summed E-state index contributed by atoms with van der Waals surface area (Å²) in [7, 11) is 0. The highest BCUT2D eigenvalue weighted by atomic mass is 35.5. The molecule has 0 bridgehead atoms.